The fourth-order valence-corrected chi connectivity index (χ4v) is 3.17. The van der Waals surface area contributed by atoms with Crippen molar-refractivity contribution in [2.24, 2.45) is 0 Å². The molecule has 2 heterocycles. The molecule has 1 aliphatic rings. The van der Waals surface area contributed by atoms with Crippen LogP contribution < -0.4 is 0 Å². The maximum atomic E-state index is 13.6. The zero-order chi connectivity index (χ0) is 14.8. The smallest absolute Gasteiger partial charge is 0.144 e. The number of alkyl halides is 1. The molecule has 0 bridgehead atoms. The predicted molar refractivity (Wildman–Crippen MR) is 82.7 cm³/mol. The molecule has 1 fully saturated rings. The lowest BCUT2D eigenvalue weighted by atomic mass is 10.2. The number of nitrogens with zero attached hydrogens (tertiary/aromatic N) is 2. The third-order valence-electron chi connectivity index (χ3n) is 3.89. The van der Waals surface area contributed by atoms with E-state index >= 15 is 0 Å². The second-order valence-corrected chi connectivity index (χ2v) is 6.08. The maximum absolute atomic E-state index is 13.6. The van der Waals surface area contributed by atoms with Crippen LogP contribution in [0.2, 0.25) is 5.02 Å². The number of hydrogen-bond donors (Lipinski definition) is 0. The third kappa shape index (κ3) is 3.17. The molecule has 1 saturated heterocycles. The standard InChI is InChI=1S/C15H17Cl2FN2O/c16-5-3-15-19-13-9-12(18)11(17)8-14(13)20(15)6-4-10-2-1-7-21-10/h8-10H,1-7H2. The summed E-state index contributed by atoms with van der Waals surface area (Å²) < 4.78 is 21.3. The van der Waals surface area contributed by atoms with Crippen LogP contribution in [-0.4, -0.2) is 28.1 Å². The van der Waals surface area contributed by atoms with Crippen molar-refractivity contribution in [1.82, 2.24) is 9.55 Å². The number of rotatable bonds is 5. The summed E-state index contributed by atoms with van der Waals surface area (Å²) in [5.74, 6) is 0.921. The first-order chi connectivity index (χ1) is 10.2. The molecule has 1 aromatic heterocycles. The molecule has 21 heavy (non-hydrogen) atoms. The number of aryl methyl sites for hydroxylation is 2. The van der Waals surface area contributed by atoms with Gasteiger partial charge in [0, 0.05) is 31.5 Å². The van der Waals surface area contributed by atoms with Crippen molar-refractivity contribution in [2.45, 2.75) is 38.3 Å². The van der Waals surface area contributed by atoms with Gasteiger partial charge >= 0.3 is 0 Å². The first kappa shape index (κ1) is 15.1. The largest absolute Gasteiger partial charge is 0.378 e. The lowest BCUT2D eigenvalue weighted by molar-refractivity contribution is 0.100. The minimum atomic E-state index is -0.439. The molecule has 114 valence electrons. The van der Waals surface area contributed by atoms with E-state index in [1.807, 2.05) is 0 Å². The summed E-state index contributed by atoms with van der Waals surface area (Å²) in [5.41, 5.74) is 1.49. The molecule has 1 unspecified atom stereocenters. The molecule has 1 aliphatic heterocycles. The van der Waals surface area contributed by atoms with Gasteiger partial charge in [0.05, 0.1) is 22.2 Å². The van der Waals surface area contributed by atoms with E-state index in [9.17, 15) is 4.39 Å². The van der Waals surface area contributed by atoms with Crippen LogP contribution in [0.15, 0.2) is 12.1 Å². The monoisotopic (exact) mass is 330 g/mol. The van der Waals surface area contributed by atoms with Crippen molar-refractivity contribution in [3.8, 4) is 0 Å². The molecule has 0 aliphatic carbocycles. The summed E-state index contributed by atoms with van der Waals surface area (Å²) >= 11 is 11.8. The van der Waals surface area contributed by atoms with Crippen molar-refractivity contribution >= 4 is 34.2 Å². The first-order valence-electron chi connectivity index (χ1n) is 7.21. The van der Waals surface area contributed by atoms with E-state index in [1.54, 1.807) is 6.07 Å². The van der Waals surface area contributed by atoms with Gasteiger partial charge in [0.15, 0.2) is 0 Å². The second kappa shape index (κ2) is 6.51. The Morgan fingerprint density at radius 1 is 1.43 bits per heavy atom. The van der Waals surface area contributed by atoms with Crippen LogP contribution in [-0.2, 0) is 17.7 Å². The molecule has 0 amide bonds. The average Bonchev–Trinajstić information content (AvgIpc) is 3.06. The molecule has 3 nitrogen and oxygen atoms in total. The number of ether oxygens (including phenoxy) is 1. The Morgan fingerprint density at radius 3 is 3.00 bits per heavy atom. The summed E-state index contributed by atoms with van der Waals surface area (Å²) in [7, 11) is 0. The van der Waals surface area contributed by atoms with E-state index in [1.165, 1.54) is 6.07 Å². The van der Waals surface area contributed by atoms with Gasteiger partial charge in [0.2, 0.25) is 0 Å². The first-order valence-corrected chi connectivity index (χ1v) is 8.12. The molecular formula is C15H17Cl2FN2O. The number of fused-ring (bicyclic) bond motifs is 1. The highest BCUT2D eigenvalue weighted by Crippen LogP contribution is 2.25. The predicted octanol–water partition coefficient (Wildman–Crippen LogP) is 4.18. The summed E-state index contributed by atoms with van der Waals surface area (Å²) in [4.78, 5) is 4.49. The van der Waals surface area contributed by atoms with E-state index in [0.717, 1.165) is 43.8 Å². The fourth-order valence-electron chi connectivity index (χ4n) is 2.84. The van der Waals surface area contributed by atoms with Crippen molar-refractivity contribution in [1.29, 1.82) is 0 Å². The Morgan fingerprint density at radius 2 is 2.29 bits per heavy atom. The number of imidazole rings is 1. The Balaban J connectivity index is 1.92. The molecule has 1 atom stereocenters. The van der Waals surface area contributed by atoms with Crippen molar-refractivity contribution in [3.05, 3.63) is 28.8 Å². The number of halogens is 3. The van der Waals surface area contributed by atoms with Crippen molar-refractivity contribution in [2.75, 3.05) is 12.5 Å². The Kier molecular flexibility index (Phi) is 4.67. The van der Waals surface area contributed by atoms with E-state index in [2.05, 4.69) is 9.55 Å². The summed E-state index contributed by atoms with van der Waals surface area (Å²) in [6.07, 6.45) is 4.12. The SMILES string of the molecule is Fc1cc2nc(CCCl)n(CCC3CCCO3)c2cc1Cl. The van der Waals surface area contributed by atoms with Gasteiger partial charge in [-0.05, 0) is 25.3 Å². The number of hydrogen-bond acceptors (Lipinski definition) is 2. The van der Waals surface area contributed by atoms with Crippen LogP contribution in [0.1, 0.15) is 25.1 Å². The fraction of sp³-hybridized carbons (Fsp3) is 0.533. The summed E-state index contributed by atoms with van der Waals surface area (Å²) in [5, 5.41) is 0.123. The van der Waals surface area contributed by atoms with Gasteiger partial charge in [-0.3, -0.25) is 0 Å². The molecule has 0 spiro atoms. The number of aromatic nitrogens is 2. The maximum Gasteiger partial charge on any atom is 0.144 e. The Hall–Kier alpha value is -0.840. The molecule has 0 saturated carbocycles. The van der Waals surface area contributed by atoms with Gasteiger partial charge in [0.25, 0.3) is 0 Å². The van der Waals surface area contributed by atoms with Crippen LogP contribution in [0.25, 0.3) is 11.0 Å². The Bertz CT molecular complexity index is 638. The highest BCUT2D eigenvalue weighted by atomic mass is 35.5. The van der Waals surface area contributed by atoms with Crippen LogP contribution >= 0.6 is 23.2 Å². The molecule has 0 radical (unpaired) electrons. The van der Waals surface area contributed by atoms with Crippen LogP contribution in [0.5, 0.6) is 0 Å². The van der Waals surface area contributed by atoms with Crippen LogP contribution in [0.3, 0.4) is 0 Å². The van der Waals surface area contributed by atoms with Gasteiger partial charge in [-0.2, -0.15) is 0 Å². The molecule has 2 aromatic rings. The van der Waals surface area contributed by atoms with Gasteiger partial charge < -0.3 is 9.30 Å². The molecular weight excluding hydrogens is 314 g/mol. The van der Waals surface area contributed by atoms with E-state index < -0.39 is 5.82 Å². The average molecular weight is 331 g/mol. The van der Waals surface area contributed by atoms with E-state index in [4.69, 9.17) is 27.9 Å². The summed E-state index contributed by atoms with van der Waals surface area (Å²) in [6, 6.07) is 3.03. The normalized spacial score (nSPS) is 18.7. The third-order valence-corrected chi connectivity index (χ3v) is 4.36. The van der Waals surface area contributed by atoms with Crippen molar-refractivity contribution in [3.63, 3.8) is 0 Å². The number of benzene rings is 1. The lowest BCUT2D eigenvalue weighted by Crippen LogP contribution is -2.12. The molecule has 3 rings (SSSR count). The van der Waals surface area contributed by atoms with Gasteiger partial charge in [-0.1, -0.05) is 11.6 Å². The zero-order valence-corrected chi connectivity index (χ0v) is 13.1. The Labute approximate surface area is 133 Å². The van der Waals surface area contributed by atoms with Gasteiger partial charge in [-0.15, -0.1) is 11.6 Å². The molecule has 1 aromatic carbocycles. The quantitative estimate of drug-likeness (QED) is 0.769. The lowest BCUT2D eigenvalue weighted by Gasteiger charge is -2.12. The van der Waals surface area contributed by atoms with Crippen molar-refractivity contribution < 1.29 is 9.13 Å². The van der Waals surface area contributed by atoms with Crippen LogP contribution in [0.4, 0.5) is 4.39 Å². The van der Waals surface area contributed by atoms with E-state index in [0.29, 0.717) is 23.9 Å². The molecule has 0 N–H and O–H groups in total. The zero-order valence-electron chi connectivity index (χ0n) is 11.6. The highest BCUT2D eigenvalue weighted by Gasteiger charge is 2.18. The minimum Gasteiger partial charge on any atom is -0.378 e. The van der Waals surface area contributed by atoms with Gasteiger partial charge in [0.1, 0.15) is 11.6 Å². The highest BCUT2D eigenvalue weighted by molar-refractivity contribution is 6.31. The minimum absolute atomic E-state index is 0.123. The second-order valence-electron chi connectivity index (χ2n) is 5.30. The topological polar surface area (TPSA) is 27.1 Å². The summed E-state index contributed by atoms with van der Waals surface area (Å²) in [6.45, 7) is 1.64. The molecule has 6 heteroatoms. The van der Waals surface area contributed by atoms with E-state index in [-0.39, 0.29) is 5.02 Å². The van der Waals surface area contributed by atoms with Crippen LogP contribution in [0, 0.1) is 5.82 Å². The van der Waals surface area contributed by atoms with Gasteiger partial charge in [-0.25, -0.2) is 9.37 Å².